The van der Waals surface area contributed by atoms with Crippen molar-refractivity contribution in [3.05, 3.63) is 52.8 Å². The van der Waals surface area contributed by atoms with Crippen LogP contribution in [0.25, 0.3) is 16.5 Å². The fourth-order valence-electron chi connectivity index (χ4n) is 2.98. The Morgan fingerprint density at radius 3 is 2.70 bits per heavy atom. The first-order chi connectivity index (χ1) is 15.8. The van der Waals surface area contributed by atoms with Crippen LogP contribution in [0.5, 0.6) is 0 Å². The van der Waals surface area contributed by atoms with Gasteiger partial charge >= 0.3 is 17.1 Å². The lowest BCUT2D eigenvalue weighted by Crippen LogP contribution is -2.41. The third-order valence-corrected chi connectivity index (χ3v) is 6.06. The fourth-order valence-corrected chi connectivity index (χ4v) is 4.35. The number of nitrogens with zero attached hydrogens (tertiary/aromatic N) is 3. The van der Waals surface area contributed by atoms with Crippen LogP contribution >= 0.6 is 27.7 Å². The summed E-state index contributed by atoms with van der Waals surface area (Å²) < 4.78 is 36.0. The van der Waals surface area contributed by atoms with Gasteiger partial charge < -0.3 is 10.1 Å². The Bertz CT molecular complexity index is 1230. The van der Waals surface area contributed by atoms with Gasteiger partial charge in [-0.15, -0.1) is 0 Å². The zero-order valence-electron chi connectivity index (χ0n) is 17.5. The van der Waals surface area contributed by atoms with Crippen LogP contribution in [0.1, 0.15) is 25.3 Å². The van der Waals surface area contributed by atoms with Crippen LogP contribution in [0.2, 0.25) is 0 Å². The lowest BCUT2D eigenvalue weighted by molar-refractivity contribution is -0.146. The highest BCUT2D eigenvalue weighted by Crippen LogP contribution is 2.39. The predicted molar refractivity (Wildman–Crippen MR) is 123 cm³/mol. The molecule has 0 atom stereocenters. The number of benzene rings is 2. The molecule has 1 N–H and O–H groups in total. The van der Waals surface area contributed by atoms with E-state index < -0.39 is 23.7 Å². The number of aromatic nitrogens is 2. The third-order valence-electron chi connectivity index (χ3n) is 4.59. The molecule has 172 valence electrons. The van der Waals surface area contributed by atoms with E-state index in [0.29, 0.717) is 33.0 Å². The van der Waals surface area contributed by atoms with Gasteiger partial charge in [0.25, 0.3) is 0 Å². The molecule has 0 saturated heterocycles. The number of ether oxygens (including phenoxy) is 1. The summed E-state index contributed by atoms with van der Waals surface area (Å²) in [6.45, 7) is 1.42. The SMILES string of the molecule is CCCCOC(=O)CNC(=O)C(F)(F)Sc1ncc(Br)n1-c1ccc(C#N)c2ccccc12. The largest absolute Gasteiger partial charge is 0.464 e. The number of hydrogen-bond donors (Lipinski definition) is 1. The summed E-state index contributed by atoms with van der Waals surface area (Å²) in [5, 5.41) is 8.53. The van der Waals surface area contributed by atoms with Crippen molar-refractivity contribution in [2.24, 2.45) is 0 Å². The summed E-state index contributed by atoms with van der Waals surface area (Å²) in [6, 6.07) is 12.4. The fraction of sp³-hybridized carbons (Fsp3) is 0.273. The van der Waals surface area contributed by atoms with Gasteiger partial charge in [-0.25, -0.2) is 4.98 Å². The number of nitriles is 1. The topological polar surface area (TPSA) is 97.0 Å². The monoisotopic (exact) mass is 536 g/mol. The maximum atomic E-state index is 14.7. The van der Waals surface area contributed by atoms with Gasteiger partial charge in [0, 0.05) is 10.8 Å². The van der Waals surface area contributed by atoms with Crippen LogP contribution in [0, 0.1) is 11.3 Å². The number of carbonyl (C=O) groups excluding carboxylic acids is 2. The van der Waals surface area contributed by atoms with Crippen molar-refractivity contribution in [1.29, 1.82) is 5.26 Å². The maximum Gasteiger partial charge on any atom is 0.377 e. The smallest absolute Gasteiger partial charge is 0.377 e. The first kappa shape index (κ1) is 24.7. The van der Waals surface area contributed by atoms with Gasteiger partial charge in [0.1, 0.15) is 11.1 Å². The molecule has 1 amide bonds. The van der Waals surface area contributed by atoms with E-state index in [-0.39, 0.29) is 23.5 Å². The molecule has 2 aromatic carbocycles. The summed E-state index contributed by atoms with van der Waals surface area (Å²) in [5.41, 5.74) is 0.947. The average molecular weight is 537 g/mol. The molecular formula is C22H19BrF2N4O3S. The molecule has 7 nitrogen and oxygen atoms in total. The number of unbranched alkanes of at least 4 members (excludes halogenated alkanes) is 1. The molecule has 0 unspecified atom stereocenters. The maximum absolute atomic E-state index is 14.7. The molecule has 0 bridgehead atoms. The van der Waals surface area contributed by atoms with E-state index in [0.717, 1.165) is 6.42 Å². The Morgan fingerprint density at radius 1 is 1.27 bits per heavy atom. The second-order valence-corrected chi connectivity index (χ2v) is 8.76. The van der Waals surface area contributed by atoms with Gasteiger partial charge in [0.2, 0.25) is 0 Å². The van der Waals surface area contributed by atoms with Crippen molar-refractivity contribution < 1.29 is 23.1 Å². The number of nitrogens with one attached hydrogen (secondary N) is 1. The van der Waals surface area contributed by atoms with Gasteiger partial charge in [-0.1, -0.05) is 37.6 Å². The summed E-state index contributed by atoms with van der Waals surface area (Å²) in [4.78, 5) is 27.7. The highest BCUT2D eigenvalue weighted by atomic mass is 79.9. The average Bonchev–Trinajstić information content (AvgIpc) is 3.15. The molecule has 0 fully saturated rings. The third kappa shape index (κ3) is 5.69. The van der Waals surface area contributed by atoms with Crippen molar-refractivity contribution in [3.8, 4) is 11.8 Å². The minimum absolute atomic E-state index is 0.0527. The lowest BCUT2D eigenvalue weighted by Gasteiger charge is -2.17. The molecule has 33 heavy (non-hydrogen) atoms. The Kier molecular flexibility index (Phi) is 8.05. The number of rotatable bonds is 9. The molecule has 0 aliphatic carbocycles. The van der Waals surface area contributed by atoms with Crippen LogP contribution in [-0.2, 0) is 14.3 Å². The number of halogens is 3. The molecular weight excluding hydrogens is 518 g/mol. The highest BCUT2D eigenvalue weighted by molar-refractivity contribution is 9.10. The number of hydrogen-bond acceptors (Lipinski definition) is 6. The molecule has 0 aliphatic rings. The van der Waals surface area contributed by atoms with Crippen LogP contribution in [0.3, 0.4) is 0 Å². The Morgan fingerprint density at radius 2 is 2.00 bits per heavy atom. The standard InChI is InChI=1S/C22H19BrF2N4O3S/c1-2-3-10-32-19(30)13-27-20(31)22(24,25)33-21-28-12-18(23)29(21)17-9-8-14(11-26)15-6-4-5-7-16(15)17/h4-9,12H,2-3,10,13H2,1H3,(H,27,31). The number of esters is 1. The summed E-state index contributed by atoms with van der Waals surface area (Å²) in [6.07, 6.45) is 2.80. The van der Waals surface area contributed by atoms with Crippen LogP contribution in [-0.4, -0.2) is 39.8 Å². The number of amides is 1. The lowest BCUT2D eigenvalue weighted by atomic mass is 10.0. The van der Waals surface area contributed by atoms with E-state index in [9.17, 15) is 23.6 Å². The summed E-state index contributed by atoms with van der Waals surface area (Å²) in [7, 11) is 0. The van der Waals surface area contributed by atoms with E-state index in [1.807, 2.05) is 12.2 Å². The Labute approximate surface area is 201 Å². The highest BCUT2D eigenvalue weighted by Gasteiger charge is 2.42. The Balaban J connectivity index is 1.83. The molecule has 0 radical (unpaired) electrons. The number of fused-ring (bicyclic) bond motifs is 1. The summed E-state index contributed by atoms with van der Waals surface area (Å²) >= 11 is 3.26. The van der Waals surface area contributed by atoms with E-state index in [4.69, 9.17) is 4.74 Å². The van der Waals surface area contributed by atoms with Gasteiger partial charge in [-0.05, 0) is 46.2 Å². The van der Waals surface area contributed by atoms with Crippen molar-refractivity contribution in [2.75, 3.05) is 13.2 Å². The molecule has 1 aromatic heterocycles. The summed E-state index contributed by atoms with van der Waals surface area (Å²) in [5.74, 6) is -2.42. The van der Waals surface area contributed by atoms with E-state index in [2.05, 4.69) is 27.0 Å². The first-order valence-electron chi connectivity index (χ1n) is 9.94. The van der Waals surface area contributed by atoms with Gasteiger partial charge in [-0.3, -0.25) is 14.2 Å². The zero-order chi connectivity index (χ0) is 24.0. The quantitative estimate of drug-likeness (QED) is 0.239. The van der Waals surface area contributed by atoms with E-state index in [1.165, 1.54) is 10.8 Å². The molecule has 0 saturated carbocycles. The van der Waals surface area contributed by atoms with Crippen molar-refractivity contribution in [3.63, 3.8) is 0 Å². The number of thioether (sulfide) groups is 1. The van der Waals surface area contributed by atoms with Gasteiger partial charge in [0.05, 0.1) is 30.1 Å². The molecule has 0 aliphatic heterocycles. The van der Waals surface area contributed by atoms with Gasteiger partial charge in [-0.2, -0.15) is 14.0 Å². The van der Waals surface area contributed by atoms with Crippen molar-refractivity contribution >= 4 is 50.3 Å². The molecule has 11 heteroatoms. The van der Waals surface area contributed by atoms with Crippen molar-refractivity contribution in [1.82, 2.24) is 14.9 Å². The number of imidazole rings is 1. The predicted octanol–water partition coefficient (Wildman–Crippen LogP) is 4.80. The minimum atomic E-state index is -3.91. The van der Waals surface area contributed by atoms with Crippen LogP contribution in [0.4, 0.5) is 8.78 Å². The molecule has 0 spiro atoms. The number of alkyl halides is 2. The normalized spacial score (nSPS) is 11.2. The Hall–Kier alpha value is -2.97. The van der Waals surface area contributed by atoms with E-state index in [1.54, 1.807) is 36.4 Å². The molecule has 1 heterocycles. The second-order valence-electron chi connectivity index (χ2n) is 6.86. The first-order valence-corrected chi connectivity index (χ1v) is 11.6. The second kappa shape index (κ2) is 10.8. The van der Waals surface area contributed by atoms with Crippen LogP contribution < -0.4 is 5.32 Å². The number of carbonyl (C=O) groups is 2. The molecule has 3 rings (SSSR count). The zero-order valence-corrected chi connectivity index (χ0v) is 19.9. The van der Waals surface area contributed by atoms with Crippen molar-refractivity contribution in [2.45, 2.75) is 30.2 Å². The molecule has 3 aromatic rings. The van der Waals surface area contributed by atoms with Crippen LogP contribution in [0.15, 0.2) is 52.4 Å². The van der Waals surface area contributed by atoms with Gasteiger partial charge in [0.15, 0.2) is 5.16 Å². The van der Waals surface area contributed by atoms with E-state index >= 15 is 0 Å². The minimum Gasteiger partial charge on any atom is -0.464 e.